The number of carbonyl (C=O) groups is 2. The average Bonchev–Trinajstić information content (AvgIpc) is 3.44. The minimum atomic E-state index is -3.76. The zero-order valence-electron chi connectivity index (χ0n) is 30.7. The fourth-order valence-corrected chi connectivity index (χ4v) is 10.5. The molecule has 1 unspecified atom stereocenters. The molecule has 2 aromatic heterocycles. The van der Waals surface area contributed by atoms with Crippen molar-refractivity contribution in [1.82, 2.24) is 19.5 Å². The molecule has 1 fully saturated rings. The molecule has 13 nitrogen and oxygen atoms in total. The molecule has 3 aromatic rings. The van der Waals surface area contributed by atoms with Gasteiger partial charge < -0.3 is 23.8 Å². The highest BCUT2D eigenvalue weighted by Gasteiger charge is 2.45. The number of aromatic nitrogens is 3. The van der Waals surface area contributed by atoms with Crippen LogP contribution in [0.5, 0.6) is 11.6 Å². The van der Waals surface area contributed by atoms with Gasteiger partial charge in [0.05, 0.1) is 31.7 Å². The van der Waals surface area contributed by atoms with Gasteiger partial charge in [0, 0.05) is 51.0 Å². The summed E-state index contributed by atoms with van der Waals surface area (Å²) in [5.41, 5.74) is 2.17. The van der Waals surface area contributed by atoms with E-state index < -0.39 is 33.8 Å². The summed E-state index contributed by atoms with van der Waals surface area (Å²) in [5.74, 6) is -0.522. The molecular formula is C38H47ClN6O7S. The van der Waals surface area contributed by atoms with Crippen LogP contribution in [0.25, 0.3) is 0 Å². The molecule has 1 spiro atoms. The zero-order valence-corrected chi connectivity index (χ0v) is 32.3. The third-order valence-corrected chi connectivity index (χ3v) is 13.4. The van der Waals surface area contributed by atoms with E-state index in [2.05, 4.69) is 31.2 Å². The largest absolute Gasteiger partial charge is 0.489 e. The van der Waals surface area contributed by atoms with Crippen LogP contribution in [0.3, 0.4) is 0 Å². The summed E-state index contributed by atoms with van der Waals surface area (Å²) in [4.78, 5) is 34.8. The second-order valence-electron chi connectivity index (χ2n) is 14.7. The van der Waals surface area contributed by atoms with Crippen molar-refractivity contribution in [3.63, 3.8) is 0 Å². The van der Waals surface area contributed by atoms with Crippen molar-refractivity contribution in [3.8, 4) is 11.6 Å². The summed E-state index contributed by atoms with van der Waals surface area (Å²) >= 11 is 6.45. The van der Waals surface area contributed by atoms with Gasteiger partial charge in [-0.15, -0.1) is 9.46 Å². The van der Waals surface area contributed by atoms with Crippen molar-refractivity contribution < 1.29 is 32.7 Å². The third-order valence-electron chi connectivity index (χ3n) is 11.2. The van der Waals surface area contributed by atoms with Crippen molar-refractivity contribution in [2.45, 2.75) is 56.7 Å². The standard InChI is InChI=1S/C38H47ClN6O7S/c1-23-20-53(48,42-35(46)28-19-44(2)41-37(28)51-5)43-36(47)30-12-13-33-34(40-30)45(18-25-8-10-27(25)32(50-4)15-14-31(23)49-3)21-38(22-52-33)16-6-7-24-17-26(39)9-11-29(24)38/h9,11-15,17,19,23,25,27,31-32H,6-8,10,16,18,20-22H2,1-5H3,(H,42,43,46,47,48)/b15-14-/t23-,25+,27-,31+,32+,38+,53?/m1/s1. The summed E-state index contributed by atoms with van der Waals surface area (Å²) in [6.07, 6.45) is 9.57. The normalized spacial score (nSPS) is 30.5. The molecule has 0 saturated heterocycles. The summed E-state index contributed by atoms with van der Waals surface area (Å²) in [5, 5.41) is 4.86. The number of methoxy groups -OCH3 is 3. The van der Waals surface area contributed by atoms with Crippen molar-refractivity contribution in [2.75, 3.05) is 51.7 Å². The molecule has 284 valence electrons. The number of halogens is 1. The lowest BCUT2D eigenvalue weighted by molar-refractivity contribution is 0.0119. The molecule has 1 saturated carbocycles. The number of rotatable bonds is 5. The van der Waals surface area contributed by atoms with Gasteiger partial charge in [-0.25, -0.2) is 9.19 Å². The molecule has 1 N–H and O–H groups in total. The van der Waals surface area contributed by atoms with Gasteiger partial charge in [-0.05, 0) is 85.3 Å². The predicted octanol–water partition coefficient (Wildman–Crippen LogP) is 5.17. The van der Waals surface area contributed by atoms with Crippen LogP contribution in [-0.4, -0.2) is 89.8 Å². The third kappa shape index (κ3) is 7.43. The second kappa shape index (κ2) is 15.0. The Labute approximate surface area is 315 Å². The van der Waals surface area contributed by atoms with Gasteiger partial charge in [0.2, 0.25) is 5.88 Å². The van der Waals surface area contributed by atoms with Crippen LogP contribution in [0.2, 0.25) is 5.02 Å². The van der Waals surface area contributed by atoms with Crippen molar-refractivity contribution in [2.24, 2.45) is 29.2 Å². The molecule has 7 rings (SSSR count). The first-order valence-electron chi connectivity index (χ1n) is 18.1. The Hall–Kier alpha value is -3.98. The first kappa shape index (κ1) is 37.3. The van der Waals surface area contributed by atoms with E-state index in [1.165, 1.54) is 29.1 Å². The number of nitrogens with zero attached hydrogens (tertiary/aromatic N) is 5. The number of amides is 2. The van der Waals surface area contributed by atoms with Gasteiger partial charge in [-0.3, -0.25) is 19.0 Å². The number of ether oxygens (including phenoxy) is 4. The van der Waals surface area contributed by atoms with Gasteiger partial charge in [0.1, 0.15) is 21.2 Å². The van der Waals surface area contributed by atoms with Gasteiger partial charge in [-0.1, -0.05) is 36.7 Å². The molecule has 2 bridgehead atoms. The Kier molecular flexibility index (Phi) is 10.6. The van der Waals surface area contributed by atoms with E-state index in [1.54, 1.807) is 33.4 Å². The Balaban J connectivity index is 1.33. The van der Waals surface area contributed by atoms with E-state index in [1.807, 2.05) is 25.1 Å². The maximum atomic E-state index is 14.7. The average molecular weight is 767 g/mol. The van der Waals surface area contributed by atoms with Crippen molar-refractivity contribution in [1.29, 1.82) is 0 Å². The fraction of sp³-hybridized carbons (Fsp3) is 0.526. The van der Waals surface area contributed by atoms with E-state index in [-0.39, 0.29) is 46.2 Å². The maximum absolute atomic E-state index is 14.7. The van der Waals surface area contributed by atoms with Crippen molar-refractivity contribution in [3.05, 3.63) is 76.1 Å². The summed E-state index contributed by atoms with van der Waals surface area (Å²) in [6.45, 7) is 3.58. The number of pyridine rings is 1. The lowest BCUT2D eigenvalue weighted by Crippen LogP contribution is -2.49. The van der Waals surface area contributed by atoms with Gasteiger partial charge >= 0.3 is 5.91 Å². The van der Waals surface area contributed by atoms with Crippen LogP contribution in [-0.2, 0) is 38.3 Å². The summed E-state index contributed by atoms with van der Waals surface area (Å²) in [6, 6.07) is 9.43. The first-order chi connectivity index (χ1) is 25.4. The number of fused-ring (bicyclic) bond motifs is 4. The lowest BCUT2D eigenvalue weighted by atomic mass is 9.68. The summed E-state index contributed by atoms with van der Waals surface area (Å²) in [7, 11) is 2.56. The molecule has 2 aliphatic carbocycles. The number of nitrogens with one attached hydrogen (secondary N) is 1. The van der Waals surface area contributed by atoms with Crippen LogP contribution in [0.4, 0.5) is 5.82 Å². The lowest BCUT2D eigenvalue weighted by Gasteiger charge is -2.45. The highest BCUT2D eigenvalue weighted by molar-refractivity contribution is 7.92. The number of benzene rings is 1. The van der Waals surface area contributed by atoms with Crippen LogP contribution in [0, 0.1) is 17.8 Å². The molecule has 53 heavy (non-hydrogen) atoms. The maximum Gasteiger partial charge on any atom is 0.305 e. The Morgan fingerprint density at radius 3 is 2.64 bits per heavy atom. The molecular weight excluding hydrogens is 720 g/mol. The van der Waals surface area contributed by atoms with Gasteiger partial charge in [-0.2, -0.15) is 0 Å². The van der Waals surface area contributed by atoms with E-state index >= 15 is 0 Å². The Bertz CT molecular complexity index is 2050. The van der Waals surface area contributed by atoms with Crippen LogP contribution >= 0.6 is 11.6 Å². The topological polar surface area (TPSA) is 146 Å². The zero-order chi connectivity index (χ0) is 37.5. The molecule has 1 aromatic carbocycles. The van der Waals surface area contributed by atoms with Gasteiger partial charge in [0.25, 0.3) is 5.91 Å². The molecule has 7 atom stereocenters. The SMILES string of the molecule is COc1nn(C)cc1C(=O)NS1(=O)=NC(=O)c2ccc3c(n2)N(C[C@@H]2CC[C@H]2[C@@H](OC)/C=C\[C@H](OC)[C@H](C)C1)C[C@@]1(CCCc2cc(Cl)ccc21)CO3. The Morgan fingerprint density at radius 1 is 1.11 bits per heavy atom. The molecule has 2 amide bonds. The minimum Gasteiger partial charge on any atom is -0.489 e. The monoisotopic (exact) mass is 766 g/mol. The van der Waals surface area contributed by atoms with Crippen LogP contribution in [0.15, 0.2) is 53.0 Å². The quantitative estimate of drug-likeness (QED) is 0.346. The highest BCUT2D eigenvalue weighted by Crippen LogP contribution is 2.46. The molecule has 0 radical (unpaired) electrons. The predicted molar refractivity (Wildman–Crippen MR) is 201 cm³/mol. The number of anilines is 1. The van der Waals surface area contributed by atoms with E-state index in [4.69, 9.17) is 35.5 Å². The fourth-order valence-electron chi connectivity index (χ4n) is 8.46. The highest BCUT2D eigenvalue weighted by atomic mass is 35.5. The van der Waals surface area contributed by atoms with Crippen LogP contribution < -0.4 is 19.1 Å². The number of aryl methyl sites for hydroxylation is 2. The smallest absolute Gasteiger partial charge is 0.305 e. The van der Waals surface area contributed by atoms with Crippen LogP contribution in [0.1, 0.15) is 64.6 Å². The minimum absolute atomic E-state index is 0.00656. The number of hydrogen-bond donors (Lipinski definition) is 1. The Morgan fingerprint density at radius 2 is 1.91 bits per heavy atom. The number of carbonyl (C=O) groups excluding carboxylic acids is 2. The van der Waals surface area contributed by atoms with E-state index in [0.717, 1.165) is 32.1 Å². The van der Waals surface area contributed by atoms with Crippen molar-refractivity contribution >= 4 is 39.1 Å². The second-order valence-corrected chi connectivity index (χ2v) is 17.2. The molecule has 2 aliphatic heterocycles. The number of hydrogen-bond acceptors (Lipinski definition) is 10. The first-order valence-corrected chi connectivity index (χ1v) is 20.1. The molecule has 15 heteroatoms. The molecule has 4 aliphatic rings. The van der Waals surface area contributed by atoms with E-state index in [9.17, 15) is 13.8 Å². The van der Waals surface area contributed by atoms with E-state index in [0.29, 0.717) is 36.3 Å². The van der Waals surface area contributed by atoms with Gasteiger partial charge in [0.15, 0.2) is 11.6 Å². The molecule has 4 heterocycles. The summed E-state index contributed by atoms with van der Waals surface area (Å²) < 4.78 is 46.7.